The predicted molar refractivity (Wildman–Crippen MR) is 126 cm³/mol. The summed E-state index contributed by atoms with van der Waals surface area (Å²) < 4.78 is 49.1. The Labute approximate surface area is 201 Å². The summed E-state index contributed by atoms with van der Waals surface area (Å²) in [4.78, 5) is 25.0. The molecule has 10 nitrogen and oxygen atoms in total. The molecule has 1 atom stereocenters. The first kappa shape index (κ1) is 23.9. The number of rotatable bonds is 8. The van der Waals surface area contributed by atoms with Crippen molar-refractivity contribution < 1.29 is 37.0 Å². The third-order valence-corrected chi connectivity index (χ3v) is 6.39. The van der Waals surface area contributed by atoms with E-state index in [9.17, 15) is 18.0 Å². The van der Waals surface area contributed by atoms with Gasteiger partial charge in [-0.05, 0) is 49.4 Å². The van der Waals surface area contributed by atoms with Crippen LogP contribution in [0.15, 0.2) is 71.6 Å². The van der Waals surface area contributed by atoms with Crippen LogP contribution in [0.2, 0.25) is 0 Å². The maximum atomic E-state index is 12.9. The molecule has 0 saturated carbocycles. The van der Waals surface area contributed by atoms with Crippen LogP contribution in [0.3, 0.4) is 0 Å². The number of amides is 1. The lowest BCUT2D eigenvalue weighted by molar-refractivity contribution is -0.123. The predicted octanol–water partition coefficient (Wildman–Crippen LogP) is 3.41. The number of carbonyl (C=O) groups excluding carboxylic acids is 2. The van der Waals surface area contributed by atoms with Gasteiger partial charge >= 0.3 is 5.97 Å². The van der Waals surface area contributed by atoms with Gasteiger partial charge in [0.25, 0.3) is 15.9 Å². The summed E-state index contributed by atoms with van der Waals surface area (Å²) in [5, 5.41) is 2.63. The fraction of sp³-hybridized carbons (Fsp3) is 0.167. The molecule has 3 aromatic rings. The van der Waals surface area contributed by atoms with Crippen molar-refractivity contribution in [3.8, 4) is 17.2 Å². The summed E-state index contributed by atoms with van der Waals surface area (Å²) in [6.45, 7) is 1.51. The average Bonchev–Trinajstić information content (AvgIpc) is 3.32. The van der Waals surface area contributed by atoms with Crippen LogP contribution in [-0.2, 0) is 19.6 Å². The number of sulfonamides is 1. The molecule has 1 amide bonds. The van der Waals surface area contributed by atoms with Crippen molar-refractivity contribution in [3.05, 3.63) is 72.3 Å². The third kappa shape index (κ3) is 5.46. The summed E-state index contributed by atoms with van der Waals surface area (Å²) in [5.41, 5.74) is 0.657. The monoisotopic (exact) mass is 498 g/mol. The normalized spacial score (nSPS) is 13.0. The Kier molecular flexibility index (Phi) is 6.78. The van der Waals surface area contributed by atoms with Gasteiger partial charge in [0.2, 0.25) is 6.79 Å². The molecule has 1 aliphatic heterocycles. The summed E-state index contributed by atoms with van der Waals surface area (Å²) in [6.07, 6.45) is -1.15. The van der Waals surface area contributed by atoms with E-state index in [-0.39, 0.29) is 22.9 Å². The Morgan fingerprint density at radius 3 is 2.54 bits per heavy atom. The highest BCUT2D eigenvalue weighted by atomic mass is 32.2. The molecule has 0 radical (unpaired) electrons. The van der Waals surface area contributed by atoms with Gasteiger partial charge in [-0.15, -0.1) is 0 Å². The first-order chi connectivity index (χ1) is 16.8. The second-order valence-electron chi connectivity index (χ2n) is 7.44. The fourth-order valence-corrected chi connectivity index (χ4v) is 4.34. The van der Waals surface area contributed by atoms with Gasteiger partial charge < -0.3 is 24.3 Å². The molecule has 0 spiro atoms. The van der Waals surface area contributed by atoms with E-state index >= 15 is 0 Å². The smallest absolute Gasteiger partial charge is 0.338 e. The third-order valence-electron chi connectivity index (χ3n) is 5.02. The van der Waals surface area contributed by atoms with Crippen molar-refractivity contribution in [1.29, 1.82) is 0 Å². The van der Waals surface area contributed by atoms with Gasteiger partial charge in [0.05, 0.1) is 23.3 Å². The zero-order valence-electron chi connectivity index (χ0n) is 18.8. The molecule has 0 aliphatic carbocycles. The van der Waals surface area contributed by atoms with E-state index in [4.69, 9.17) is 18.9 Å². The summed E-state index contributed by atoms with van der Waals surface area (Å²) in [6, 6.07) is 16.7. The zero-order valence-corrected chi connectivity index (χ0v) is 19.6. The molecule has 4 rings (SSSR count). The molecular formula is C24H22N2O8S. The largest absolute Gasteiger partial charge is 0.495 e. The minimum atomic E-state index is -4.03. The minimum absolute atomic E-state index is 0.0318. The lowest BCUT2D eigenvalue weighted by atomic mass is 10.2. The van der Waals surface area contributed by atoms with Gasteiger partial charge in [0, 0.05) is 11.8 Å². The Balaban J connectivity index is 1.43. The van der Waals surface area contributed by atoms with Gasteiger partial charge in [-0.3, -0.25) is 9.52 Å². The van der Waals surface area contributed by atoms with Crippen molar-refractivity contribution in [3.63, 3.8) is 0 Å². The number of benzene rings is 3. The number of nitrogens with one attached hydrogen (secondary N) is 2. The number of esters is 1. The second-order valence-corrected chi connectivity index (χ2v) is 9.12. The molecule has 1 heterocycles. The first-order valence-corrected chi connectivity index (χ1v) is 11.9. The topological polar surface area (TPSA) is 129 Å². The molecule has 0 saturated heterocycles. The van der Waals surface area contributed by atoms with E-state index in [0.717, 1.165) is 0 Å². The van der Waals surface area contributed by atoms with Gasteiger partial charge in [-0.2, -0.15) is 0 Å². The Bertz CT molecular complexity index is 1370. The van der Waals surface area contributed by atoms with Gasteiger partial charge in [0.1, 0.15) is 5.75 Å². The number of anilines is 2. The minimum Gasteiger partial charge on any atom is -0.495 e. The molecule has 35 heavy (non-hydrogen) atoms. The number of hydrogen-bond donors (Lipinski definition) is 2. The van der Waals surface area contributed by atoms with Crippen LogP contribution in [0.4, 0.5) is 11.4 Å². The van der Waals surface area contributed by atoms with Gasteiger partial charge in [-0.25, -0.2) is 13.2 Å². The molecular weight excluding hydrogens is 476 g/mol. The molecule has 0 bridgehead atoms. The maximum Gasteiger partial charge on any atom is 0.338 e. The standard InChI is InChI=1S/C24H22N2O8S/c1-15(23(27)25-17-10-11-21-22(13-17)33-14-32-21)34-24(28)16-6-5-7-18(12-16)35(29,30)26-19-8-3-4-9-20(19)31-2/h3-13,15,26H,14H2,1-2H3,(H,25,27). The highest BCUT2D eigenvalue weighted by molar-refractivity contribution is 7.92. The number of hydrogen-bond acceptors (Lipinski definition) is 8. The van der Waals surface area contributed by atoms with E-state index < -0.39 is 28.0 Å². The van der Waals surface area contributed by atoms with Crippen LogP contribution in [0, 0.1) is 0 Å². The Morgan fingerprint density at radius 2 is 1.74 bits per heavy atom. The van der Waals surface area contributed by atoms with Crippen LogP contribution in [-0.4, -0.2) is 40.3 Å². The molecule has 1 unspecified atom stereocenters. The number of methoxy groups -OCH3 is 1. The summed E-state index contributed by atoms with van der Waals surface area (Å²) in [5.74, 6) is -0.0230. The molecule has 182 valence electrons. The molecule has 11 heteroatoms. The quantitative estimate of drug-likeness (QED) is 0.452. The lowest BCUT2D eigenvalue weighted by Gasteiger charge is -2.15. The van der Waals surface area contributed by atoms with E-state index in [1.54, 1.807) is 42.5 Å². The molecule has 1 aliphatic rings. The van der Waals surface area contributed by atoms with Crippen LogP contribution in [0.5, 0.6) is 17.2 Å². The number of ether oxygens (including phenoxy) is 4. The van der Waals surface area contributed by atoms with Crippen molar-refractivity contribution in [2.24, 2.45) is 0 Å². The van der Waals surface area contributed by atoms with Gasteiger partial charge in [-0.1, -0.05) is 18.2 Å². The van der Waals surface area contributed by atoms with Crippen LogP contribution in [0.1, 0.15) is 17.3 Å². The van der Waals surface area contributed by atoms with E-state index in [2.05, 4.69) is 10.0 Å². The van der Waals surface area contributed by atoms with Crippen LogP contribution >= 0.6 is 0 Å². The number of para-hydroxylation sites is 2. The van der Waals surface area contributed by atoms with Gasteiger partial charge in [0.15, 0.2) is 17.6 Å². The zero-order chi connectivity index (χ0) is 25.0. The Morgan fingerprint density at radius 1 is 0.971 bits per heavy atom. The Hall–Kier alpha value is -4.25. The fourth-order valence-electron chi connectivity index (χ4n) is 3.22. The van der Waals surface area contributed by atoms with E-state index in [1.807, 2.05) is 0 Å². The first-order valence-electron chi connectivity index (χ1n) is 10.4. The van der Waals surface area contributed by atoms with E-state index in [1.165, 1.54) is 38.3 Å². The lowest BCUT2D eigenvalue weighted by Crippen LogP contribution is -2.30. The maximum absolute atomic E-state index is 12.9. The second kappa shape index (κ2) is 9.94. The summed E-state index contributed by atoms with van der Waals surface area (Å²) in [7, 11) is -2.61. The molecule has 3 aromatic carbocycles. The highest BCUT2D eigenvalue weighted by Gasteiger charge is 2.23. The summed E-state index contributed by atoms with van der Waals surface area (Å²) >= 11 is 0. The van der Waals surface area contributed by atoms with Crippen molar-refractivity contribution in [2.45, 2.75) is 17.9 Å². The molecule has 2 N–H and O–H groups in total. The van der Waals surface area contributed by atoms with Crippen molar-refractivity contribution in [1.82, 2.24) is 0 Å². The van der Waals surface area contributed by atoms with Crippen molar-refractivity contribution >= 4 is 33.3 Å². The van der Waals surface area contributed by atoms with Crippen LogP contribution < -0.4 is 24.2 Å². The van der Waals surface area contributed by atoms with E-state index in [0.29, 0.717) is 22.9 Å². The molecule has 0 aromatic heterocycles. The van der Waals surface area contributed by atoms with Crippen molar-refractivity contribution in [2.75, 3.05) is 23.9 Å². The SMILES string of the molecule is COc1ccccc1NS(=O)(=O)c1cccc(C(=O)OC(C)C(=O)Nc2ccc3c(c2)OCO3)c1. The molecule has 0 fully saturated rings. The number of carbonyl (C=O) groups is 2. The number of fused-ring (bicyclic) bond motifs is 1. The average molecular weight is 499 g/mol. The van der Waals surface area contributed by atoms with Crippen LogP contribution in [0.25, 0.3) is 0 Å². The highest BCUT2D eigenvalue weighted by Crippen LogP contribution is 2.34.